The molecule has 0 amide bonds. The number of carbonyl (C=O) groups is 1. The van der Waals surface area contributed by atoms with E-state index in [1.807, 2.05) is 13.8 Å². The van der Waals surface area contributed by atoms with Gasteiger partial charge in [-0.05, 0) is 20.8 Å². The summed E-state index contributed by atoms with van der Waals surface area (Å²) in [7, 11) is 1.60. The number of methoxy groups -OCH3 is 1. The third kappa shape index (κ3) is 5.11. The van der Waals surface area contributed by atoms with Crippen LogP contribution in [0.25, 0.3) is 0 Å². The third-order valence-electron chi connectivity index (χ3n) is 2.33. The van der Waals surface area contributed by atoms with Gasteiger partial charge in [0, 0.05) is 20.1 Å². The summed E-state index contributed by atoms with van der Waals surface area (Å²) in [5, 5.41) is 9.45. The first-order valence-corrected chi connectivity index (χ1v) is 4.90. The van der Waals surface area contributed by atoms with Crippen molar-refractivity contribution in [3.63, 3.8) is 0 Å². The van der Waals surface area contributed by atoms with Crippen molar-refractivity contribution in [2.24, 2.45) is 5.73 Å². The normalized spacial score (nSPS) is 15.9. The van der Waals surface area contributed by atoms with Gasteiger partial charge in [-0.15, -0.1) is 0 Å². The predicted octanol–water partition coefficient (Wildman–Crippen LogP) is 0.0544. The van der Waals surface area contributed by atoms with E-state index in [-0.39, 0.29) is 18.8 Å². The SMILES string of the molecule is COC(C)(C)CCOC(=O)C(C)(O)CN. The zero-order chi connectivity index (χ0) is 12.1. The summed E-state index contributed by atoms with van der Waals surface area (Å²) in [5.74, 6) is -0.697. The van der Waals surface area contributed by atoms with Gasteiger partial charge in [-0.2, -0.15) is 0 Å². The van der Waals surface area contributed by atoms with E-state index >= 15 is 0 Å². The Labute approximate surface area is 90.5 Å². The van der Waals surface area contributed by atoms with E-state index in [2.05, 4.69) is 0 Å². The Bertz CT molecular complexity index is 213. The number of aliphatic hydroxyl groups is 1. The Kier molecular flexibility index (Phi) is 5.20. The minimum absolute atomic E-state index is 0.153. The first-order valence-electron chi connectivity index (χ1n) is 4.90. The fraction of sp³-hybridized carbons (Fsp3) is 0.900. The summed E-state index contributed by atoms with van der Waals surface area (Å²) in [4.78, 5) is 11.3. The lowest BCUT2D eigenvalue weighted by atomic mass is 10.1. The number of hydrogen-bond donors (Lipinski definition) is 2. The number of nitrogens with two attached hydrogens (primary N) is 1. The fourth-order valence-corrected chi connectivity index (χ4v) is 0.730. The van der Waals surface area contributed by atoms with E-state index in [1.54, 1.807) is 7.11 Å². The van der Waals surface area contributed by atoms with Crippen molar-refractivity contribution in [3.05, 3.63) is 0 Å². The molecule has 0 rings (SSSR count). The zero-order valence-electron chi connectivity index (χ0n) is 9.87. The summed E-state index contributed by atoms with van der Waals surface area (Å²) in [6.07, 6.45) is 0.565. The van der Waals surface area contributed by atoms with E-state index in [0.29, 0.717) is 6.42 Å². The van der Waals surface area contributed by atoms with Gasteiger partial charge in [0.2, 0.25) is 0 Å². The van der Waals surface area contributed by atoms with Gasteiger partial charge < -0.3 is 20.3 Å². The standard InChI is InChI=1S/C10H21NO4/c1-9(2,14-4)5-6-15-8(12)10(3,13)7-11/h13H,5-7,11H2,1-4H3. The number of ether oxygens (including phenoxy) is 2. The highest BCUT2D eigenvalue weighted by Gasteiger charge is 2.30. The first-order chi connectivity index (χ1) is 6.75. The summed E-state index contributed by atoms with van der Waals surface area (Å²) >= 11 is 0. The Hall–Kier alpha value is -0.650. The zero-order valence-corrected chi connectivity index (χ0v) is 9.87. The summed E-state index contributed by atoms with van der Waals surface area (Å²) in [6, 6.07) is 0. The fourth-order valence-electron chi connectivity index (χ4n) is 0.730. The molecule has 0 aliphatic heterocycles. The van der Waals surface area contributed by atoms with Crippen LogP contribution in [-0.4, -0.2) is 42.5 Å². The molecule has 0 heterocycles. The van der Waals surface area contributed by atoms with E-state index in [0.717, 1.165) is 0 Å². The molecule has 5 nitrogen and oxygen atoms in total. The van der Waals surface area contributed by atoms with Crippen molar-refractivity contribution in [1.82, 2.24) is 0 Å². The molecule has 0 radical (unpaired) electrons. The highest BCUT2D eigenvalue weighted by molar-refractivity contribution is 5.78. The smallest absolute Gasteiger partial charge is 0.339 e. The minimum atomic E-state index is -1.60. The van der Waals surface area contributed by atoms with Crippen LogP contribution in [0, 0.1) is 0 Å². The second kappa shape index (κ2) is 5.44. The van der Waals surface area contributed by atoms with Gasteiger partial charge in [-0.1, -0.05) is 0 Å². The average molecular weight is 219 g/mol. The molecule has 0 saturated carbocycles. The van der Waals surface area contributed by atoms with Gasteiger partial charge >= 0.3 is 5.97 Å². The minimum Gasteiger partial charge on any atom is -0.463 e. The van der Waals surface area contributed by atoms with Crippen molar-refractivity contribution in [1.29, 1.82) is 0 Å². The van der Waals surface area contributed by atoms with Gasteiger partial charge in [0.25, 0.3) is 0 Å². The van der Waals surface area contributed by atoms with Crippen LogP contribution in [0.1, 0.15) is 27.2 Å². The highest BCUT2D eigenvalue weighted by Crippen LogP contribution is 2.13. The van der Waals surface area contributed by atoms with Gasteiger partial charge in [0.1, 0.15) is 0 Å². The molecule has 0 saturated heterocycles. The van der Waals surface area contributed by atoms with Crippen LogP contribution in [-0.2, 0) is 14.3 Å². The van der Waals surface area contributed by atoms with Crippen LogP contribution < -0.4 is 5.73 Å². The molecule has 0 aromatic heterocycles. The van der Waals surface area contributed by atoms with E-state index in [4.69, 9.17) is 15.2 Å². The maximum atomic E-state index is 11.3. The monoisotopic (exact) mass is 219 g/mol. The maximum absolute atomic E-state index is 11.3. The van der Waals surface area contributed by atoms with Gasteiger partial charge in [0.05, 0.1) is 12.2 Å². The molecular formula is C10H21NO4. The van der Waals surface area contributed by atoms with Crippen molar-refractivity contribution >= 4 is 5.97 Å². The lowest BCUT2D eigenvalue weighted by molar-refractivity contribution is -0.164. The predicted molar refractivity (Wildman–Crippen MR) is 56.3 cm³/mol. The van der Waals surface area contributed by atoms with E-state index in [9.17, 15) is 9.90 Å². The third-order valence-corrected chi connectivity index (χ3v) is 2.33. The largest absolute Gasteiger partial charge is 0.463 e. The van der Waals surface area contributed by atoms with Crippen molar-refractivity contribution in [2.75, 3.05) is 20.3 Å². The number of rotatable bonds is 6. The lowest BCUT2D eigenvalue weighted by Gasteiger charge is -2.24. The lowest BCUT2D eigenvalue weighted by Crippen LogP contribution is -2.44. The molecule has 0 aromatic rings. The number of hydrogen-bond acceptors (Lipinski definition) is 5. The van der Waals surface area contributed by atoms with Gasteiger partial charge in [-0.25, -0.2) is 4.79 Å². The molecule has 1 unspecified atom stereocenters. The summed E-state index contributed by atoms with van der Waals surface area (Å²) < 4.78 is 10.0. The molecule has 0 spiro atoms. The Balaban J connectivity index is 3.93. The Morgan fingerprint density at radius 1 is 1.40 bits per heavy atom. The molecule has 0 aliphatic carbocycles. The molecule has 15 heavy (non-hydrogen) atoms. The van der Waals surface area contributed by atoms with Crippen LogP contribution in [0.2, 0.25) is 0 Å². The molecule has 0 bridgehead atoms. The van der Waals surface area contributed by atoms with Crippen LogP contribution in [0.15, 0.2) is 0 Å². The van der Waals surface area contributed by atoms with Crippen molar-refractivity contribution < 1.29 is 19.4 Å². The van der Waals surface area contributed by atoms with Gasteiger partial charge in [-0.3, -0.25) is 0 Å². The van der Waals surface area contributed by atoms with E-state index in [1.165, 1.54) is 6.92 Å². The number of carbonyl (C=O) groups excluding carboxylic acids is 1. The molecule has 90 valence electrons. The van der Waals surface area contributed by atoms with E-state index < -0.39 is 11.6 Å². The summed E-state index contributed by atoms with van der Waals surface area (Å²) in [6.45, 7) is 5.16. The second-order valence-electron chi connectivity index (χ2n) is 4.33. The molecule has 1 atom stereocenters. The van der Waals surface area contributed by atoms with Crippen LogP contribution >= 0.6 is 0 Å². The molecule has 0 fully saturated rings. The average Bonchev–Trinajstić information content (AvgIpc) is 2.17. The van der Waals surface area contributed by atoms with Crippen LogP contribution in [0.3, 0.4) is 0 Å². The first kappa shape index (κ1) is 14.3. The van der Waals surface area contributed by atoms with Crippen LogP contribution in [0.5, 0.6) is 0 Å². The topological polar surface area (TPSA) is 81.8 Å². The molecule has 5 heteroatoms. The van der Waals surface area contributed by atoms with Crippen molar-refractivity contribution in [3.8, 4) is 0 Å². The summed E-state index contributed by atoms with van der Waals surface area (Å²) in [5.41, 5.74) is 3.28. The quantitative estimate of drug-likeness (QED) is 0.617. The van der Waals surface area contributed by atoms with Crippen molar-refractivity contribution in [2.45, 2.75) is 38.4 Å². The second-order valence-corrected chi connectivity index (χ2v) is 4.33. The van der Waals surface area contributed by atoms with Crippen LogP contribution in [0.4, 0.5) is 0 Å². The molecule has 0 aromatic carbocycles. The molecular weight excluding hydrogens is 198 g/mol. The molecule has 0 aliphatic rings. The highest BCUT2D eigenvalue weighted by atomic mass is 16.6. The Morgan fingerprint density at radius 2 is 1.93 bits per heavy atom. The molecule has 3 N–H and O–H groups in total. The van der Waals surface area contributed by atoms with Gasteiger partial charge in [0.15, 0.2) is 5.60 Å². The maximum Gasteiger partial charge on any atom is 0.339 e. The Morgan fingerprint density at radius 3 is 2.33 bits per heavy atom. The number of esters is 1.